The third kappa shape index (κ3) is 43.1. The Morgan fingerprint density at radius 3 is 0.520 bits per heavy atom. The van der Waals surface area contributed by atoms with Crippen molar-refractivity contribution in [1.82, 2.24) is 0 Å². The standard InChI is InChI=1S/C10H19F3.C10H22.C9H17F3.C9H20.4C8H15F3.C7H13F3/c1-7(8(2,3)4)9(5,6)10(11,12)13;1-8(2)10(6,7)9(3,4)5;1-6(2)8(4,5)7(3)9(10,11)12;1-7(2)8(3)9(4,5)6;2*1-6(2,3)7(4,5)8(9,10)11;2*1-5(2)6(3)7(4)8(9,10)11;1-4-5(2)6(3)7(8,9)10/h7H,1-6H3;8H,1-7H3;6-7H,1-5H3;7-8H,1-6H3;2*1-5H3;2*5-7H,1-4H3;5-6H,4H2,1-3H3/t7-;;;8-;;;2*6-,7?;5?,6-/m1..1..111/s1. The summed E-state index contributed by atoms with van der Waals surface area (Å²) in [6.45, 7) is 80.1. The molecule has 21 heteroatoms. The molecule has 0 saturated heterocycles. The molecule has 4 unspecified atom stereocenters. The second-order valence-electron chi connectivity index (χ2n) is 37.4. The van der Waals surface area contributed by atoms with Crippen molar-refractivity contribution in [3.05, 3.63) is 0 Å². The van der Waals surface area contributed by atoms with Gasteiger partial charge in [0.2, 0.25) is 0 Å². The molecule has 0 rings (SSSR count). The highest BCUT2D eigenvalue weighted by atomic mass is 19.4. The Labute approximate surface area is 588 Å². The molecule has 0 aliphatic rings. The molecule has 0 nitrogen and oxygen atoms in total. The third-order valence-corrected chi connectivity index (χ3v) is 23.8. The fourth-order valence-electron chi connectivity index (χ4n) is 7.39. The number of halogens is 21. The molecular formula is C77H151F21. The van der Waals surface area contributed by atoms with Gasteiger partial charge in [-0.3, -0.25) is 0 Å². The van der Waals surface area contributed by atoms with Gasteiger partial charge in [-0.1, -0.05) is 318 Å². The lowest BCUT2D eigenvalue weighted by molar-refractivity contribution is -0.244. The van der Waals surface area contributed by atoms with Crippen molar-refractivity contribution in [3.63, 3.8) is 0 Å². The monoisotopic (exact) mass is 1480 g/mol. The first-order valence-electron chi connectivity index (χ1n) is 34.9. The molecule has 9 atom stereocenters. The zero-order valence-corrected chi connectivity index (χ0v) is 70.2. The molecule has 0 radical (unpaired) electrons. The molecule has 0 aromatic carbocycles. The minimum absolute atomic E-state index is 0.0362. The van der Waals surface area contributed by atoms with Gasteiger partial charge in [0.1, 0.15) is 0 Å². The highest BCUT2D eigenvalue weighted by Gasteiger charge is 2.56. The van der Waals surface area contributed by atoms with Crippen LogP contribution in [0.3, 0.4) is 0 Å². The van der Waals surface area contributed by atoms with Crippen LogP contribution in [0, 0.1) is 137 Å². The predicted octanol–water partition coefficient (Wildman–Crippen LogP) is 32.6. The average molecular weight is 1480 g/mol. The van der Waals surface area contributed by atoms with Crippen molar-refractivity contribution < 1.29 is 92.2 Å². The highest BCUT2D eigenvalue weighted by molar-refractivity contribution is 4.91. The molecule has 606 valence electrons. The van der Waals surface area contributed by atoms with Crippen LogP contribution in [0.15, 0.2) is 0 Å². The van der Waals surface area contributed by atoms with Gasteiger partial charge in [0.05, 0.1) is 39.9 Å². The summed E-state index contributed by atoms with van der Waals surface area (Å²) in [7, 11) is 0. The van der Waals surface area contributed by atoms with E-state index >= 15 is 0 Å². The SMILES string of the molecule is CC(C)(C)C(C)(C)C(F)(F)F.CC(C)(C)C(C)(C)C(F)(F)F.CC(C)C(C)(C)C(C)(C)C.CC(C)C(C)(C)C(C)C(F)(F)F.CC(C)[C@@H](C)C(C)(C)C.CC(C)[C@@H](C)C(C)C(F)(F)F.CC(C)[C@@H](C)C(C)C(F)(F)F.CCC(C)[C@@H](C)C(F)(F)F.C[C@H](C(C)(C)C)C(C)(C)C(F)(F)F. The second-order valence-corrected chi connectivity index (χ2v) is 37.4. The first-order chi connectivity index (χ1) is 41.5. The van der Waals surface area contributed by atoms with Gasteiger partial charge < -0.3 is 0 Å². The van der Waals surface area contributed by atoms with Crippen LogP contribution in [-0.2, 0) is 0 Å². The van der Waals surface area contributed by atoms with Gasteiger partial charge in [-0.15, -0.1) is 0 Å². The topological polar surface area (TPSA) is 0 Å². The fraction of sp³-hybridized carbons (Fsp3) is 1.00. The second kappa shape index (κ2) is 41.4. The van der Waals surface area contributed by atoms with Crippen molar-refractivity contribution in [3.8, 4) is 0 Å². The summed E-state index contributed by atoms with van der Waals surface area (Å²) >= 11 is 0. The molecule has 0 saturated carbocycles. The van der Waals surface area contributed by atoms with Gasteiger partial charge in [-0.25, -0.2) is 0 Å². The van der Waals surface area contributed by atoms with Gasteiger partial charge >= 0.3 is 43.2 Å². The summed E-state index contributed by atoms with van der Waals surface area (Å²) in [5, 5.41) is 0. The average Bonchev–Trinajstić information content (AvgIpc) is 0.936. The van der Waals surface area contributed by atoms with Gasteiger partial charge in [0.25, 0.3) is 0 Å². The molecule has 0 spiro atoms. The lowest BCUT2D eigenvalue weighted by Crippen LogP contribution is -2.43. The first kappa shape index (κ1) is 115. The summed E-state index contributed by atoms with van der Waals surface area (Å²) in [5.74, 6) is -3.46. The van der Waals surface area contributed by atoms with Gasteiger partial charge in [-0.2, -0.15) is 92.2 Å². The van der Waals surface area contributed by atoms with Crippen LogP contribution < -0.4 is 0 Å². The smallest absolute Gasteiger partial charge is 0.171 e. The van der Waals surface area contributed by atoms with E-state index in [-0.39, 0.29) is 40.9 Å². The molecular weight excluding hydrogens is 1320 g/mol. The zero-order chi connectivity index (χ0) is 83.3. The lowest BCUT2D eigenvalue weighted by Gasteiger charge is -2.42. The molecule has 98 heavy (non-hydrogen) atoms. The Balaban J connectivity index is -0.000000130. The minimum atomic E-state index is -4.13. The summed E-state index contributed by atoms with van der Waals surface area (Å²) < 4.78 is 257. The fourth-order valence-corrected chi connectivity index (χ4v) is 7.39. The maximum atomic E-state index is 12.6. The number of hydrogen-bond acceptors (Lipinski definition) is 0. The van der Waals surface area contributed by atoms with Crippen LogP contribution in [0.1, 0.15) is 318 Å². The lowest BCUT2D eigenvalue weighted by atomic mass is 9.63. The third-order valence-electron chi connectivity index (χ3n) is 23.8. The Kier molecular flexibility index (Phi) is 48.6. The van der Waals surface area contributed by atoms with E-state index in [9.17, 15) is 92.2 Å². The van der Waals surface area contributed by atoms with Crippen LogP contribution in [-0.4, -0.2) is 43.2 Å². The number of alkyl halides is 21. The van der Waals surface area contributed by atoms with Crippen LogP contribution in [0.25, 0.3) is 0 Å². The summed E-state index contributed by atoms with van der Waals surface area (Å²) in [6, 6.07) is 0. The van der Waals surface area contributed by atoms with E-state index in [2.05, 4.69) is 90.0 Å². The number of rotatable bonds is 11. The van der Waals surface area contributed by atoms with E-state index in [1.165, 1.54) is 69.2 Å². The summed E-state index contributed by atoms with van der Waals surface area (Å²) in [5.41, 5.74) is -6.03. The minimum Gasteiger partial charge on any atom is -0.171 e. The molecule has 0 bridgehead atoms. The molecule has 0 aliphatic heterocycles. The maximum absolute atomic E-state index is 12.6. The van der Waals surface area contributed by atoms with Crippen molar-refractivity contribution in [2.75, 3.05) is 0 Å². The molecule has 0 aromatic rings. The Morgan fingerprint density at radius 1 is 0.235 bits per heavy atom. The molecule has 0 fully saturated rings. The van der Waals surface area contributed by atoms with E-state index in [1.54, 1.807) is 90.0 Å². The molecule has 0 N–H and O–H groups in total. The maximum Gasteiger partial charge on any atom is 0.394 e. The van der Waals surface area contributed by atoms with E-state index < -0.39 is 105 Å². The van der Waals surface area contributed by atoms with Gasteiger partial charge in [-0.05, 0) is 97.1 Å². The van der Waals surface area contributed by atoms with Crippen LogP contribution >= 0.6 is 0 Å². The van der Waals surface area contributed by atoms with E-state index in [0.717, 1.165) is 17.8 Å². The Morgan fingerprint density at radius 2 is 0.480 bits per heavy atom. The van der Waals surface area contributed by atoms with Crippen LogP contribution in [0.5, 0.6) is 0 Å². The zero-order valence-electron chi connectivity index (χ0n) is 70.2. The number of hydrogen-bond donors (Lipinski definition) is 0. The van der Waals surface area contributed by atoms with Crippen molar-refractivity contribution in [2.24, 2.45) is 137 Å². The van der Waals surface area contributed by atoms with E-state index in [1.807, 2.05) is 62.3 Å². The molecule has 0 aliphatic carbocycles. The first-order valence-corrected chi connectivity index (χ1v) is 34.9. The Bertz CT molecular complexity index is 1910. The van der Waals surface area contributed by atoms with Crippen LogP contribution in [0.4, 0.5) is 92.2 Å². The highest BCUT2D eigenvalue weighted by Crippen LogP contribution is 2.53. The molecule has 0 amide bonds. The largest absolute Gasteiger partial charge is 0.394 e. The summed E-state index contributed by atoms with van der Waals surface area (Å²) in [6.07, 6.45) is -28.0. The van der Waals surface area contributed by atoms with Crippen molar-refractivity contribution >= 4 is 0 Å². The van der Waals surface area contributed by atoms with Gasteiger partial charge in [0, 0.05) is 0 Å². The van der Waals surface area contributed by atoms with Crippen molar-refractivity contribution in [1.29, 1.82) is 0 Å². The molecule has 0 aromatic heterocycles. The van der Waals surface area contributed by atoms with Crippen LogP contribution in [0.2, 0.25) is 0 Å². The predicted molar refractivity (Wildman–Crippen MR) is 376 cm³/mol. The van der Waals surface area contributed by atoms with E-state index in [4.69, 9.17) is 0 Å². The quantitative estimate of drug-likeness (QED) is 0.181. The van der Waals surface area contributed by atoms with Gasteiger partial charge in [0.15, 0.2) is 0 Å². The van der Waals surface area contributed by atoms with Crippen molar-refractivity contribution in [2.45, 2.75) is 361 Å². The summed E-state index contributed by atoms with van der Waals surface area (Å²) in [4.78, 5) is 0. The van der Waals surface area contributed by atoms with E-state index in [0.29, 0.717) is 22.7 Å². The Hall–Kier alpha value is -1.47. The normalized spacial score (nSPS) is 16.8. The molecule has 0 heterocycles.